The van der Waals surface area contributed by atoms with Gasteiger partial charge in [0.2, 0.25) is 25.8 Å². The summed E-state index contributed by atoms with van der Waals surface area (Å²) in [4.78, 5) is 14.4. The summed E-state index contributed by atoms with van der Waals surface area (Å²) in [5, 5.41) is 32.0. The molecule has 0 spiro atoms. The van der Waals surface area contributed by atoms with Gasteiger partial charge in [-0.3, -0.25) is 4.79 Å². The maximum Gasteiger partial charge on any atom is 0.258 e. The number of rotatable bonds is 10. The number of fused-ring (bicyclic) bond motifs is 2. The number of hydrogen-bond acceptors (Lipinski definition) is 9. The Morgan fingerprint density at radius 3 is 2.09 bits per heavy atom. The van der Waals surface area contributed by atoms with Gasteiger partial charge in [-0.1, -0.05) is 60.7 Å². The van der Waals surface area contributed by atoms with Gasteiger partial charge in [-0.2, -0.15) is 4.31 Å². The molecule has 2 aliphatic rings. The van der Waals surface area contributed by atoms with Gasteiger partial charge >= 0.3 is 0 Å². The Balaban J connectivity index is 1.04. The number of phenols is 3. The zero-order valence-corrected chi connectivity index (χ0v) is 30.1. The largest absolute Gasteiger partial charge is 0.504 e. The predicted octanol–water partition coefficient (Wildman–Crippen LogP) is 5.06. The molecule has 53 heavy (non-hydrogen) atoms. The average Bonchev–Trinajstić information content (AvgIpc) is 3.17. The number of phenolic OH excluding ortho intramolecular Hbond substituents is 3. The van der Waals surface area contributed by atoms with E-state index < -0.39 is 53.7 Å². The van der Waals surface area contributed by atoms with Crippen LogP contribution < -0.4 is 9.46 Å². The van der Waals surface area contributed by atoms with Gasteiger partial charge in [0.25, 0.3) is 5.91 Å². The van der Waals surface area contributed by atoms with Crippen LogP contribution in [0.4, 0.5) is 0 Å². The van der Waals surface area contributed by atoms with E-state index in [4.69, 9.17) is 4.74 Å². The van der Waals surface area contributed by atoms with Crippen molar-refractivity contribution in [2.45, 2.75) is 42.1 Å². The van der Waals surface area contributed by atoms with Crippen molar-refractivity contribution in [1.29, 1.82) is 0 Å². The third-order valence-corrected chi connectivity index (χ3v) is 12.9. The second-order valence-corrected chi connectivity index (χ2v) is 16.6. The van der Waals surface area contributed by atoms with E-state index in [1.54, 1.807) is 12.1 Å². The van der Waals surface area contributed by atoms with Gasteiger partial charge in [0.05, 0.1) is 10.5 Å². The van der Waals surface area contributed by atoms with Crippen molar-refractivity contribution in [2.24, 2.45) is 0 Å². The molecule has 12 nitrogen and oxygen atoms in total. The number of amides is 1. The first-order valence-electron chi connectivity index (χ1n) is 17.0. The molecule has 0 saturated heterocycles. The zero-order chi connectivity index (χ0) is 37.3. The maximum absolute atomic E-state index is 13.8. The summed E-state index contributed by atoms with van der Waals surface area (Å²) >= 11 is 0. The molecule has 5 aromatic carbocycles. The Kier molecular flexibility index (Phi) is 9.87. The predicted molar refractivity (Wildman–Crippen MR) is 196 cm³/mol. The van der Waals surface area contributed by atoms with Gasteiger partial charge in [0, 0.05) is 32.7 Å². The smallest absolute Gasteiger partial charge is 0.258 e. The highest BCUT2D eigenvalue weighted by atomic mass is 32.2. The molecule has 0 radical (unpaired) electrons. The van der Waals surface area contributed by atoms with Gasteiger partial charge in [0.1, 0.15) is 16.4 Å². The number of carbonyl (C=O) groups excluding carboxylic acids is 1. The first-order valence-corrected chi connectivity index (χ1v) is 19.9. The van der Waals surface area contributed by atoms with Crippen LogP contribution in [0.5, 0.6) is 28.7 Å². The quantitative estimate of drug-likeness (QED) is 0.142. The van der Waals surface area contributed by atoms with Crippen molar-refractivity contribution in [3.05, 3.63) is 137 Å². The number of aromatic hydroxyl groups is 3. The summed E-state index contributed by atoms with van der Waals surface area (Å²) in [6.07, 6.45) is 1.23. The lowest BCUT2D eigenvalue weighted by atomic mass is 9.99. The van der Waals surface area contributed by atoms with E-state index in [1.165, 1.54) is 17.0 Å². The first-order chi connectivity index (χ1) is 25.4. The number of nitrogens with zero attached hydrogens (tertiary/aromatic N) is 2. The summed E-state index contributed by atoms with van der Waals surface area (Å²) in [6, 6.07) is 29.7. The van der Waals surface area contributed by atoms with Crippen LogP contribution in [0.25, 0.3) is 0 Å². The molecule has 0 atom stereocenters. The van der Waals surface area contributed by atoms with Crippen LogP contribution in [0.2, 0.25) is 0 Å². The van der Waals surface area contributed by atoms with Crippen LogP contribution in [-0.2, 0) is 52.4 Å². The fourth-order valence-electron chi connectivity index (χ4n) is 6.60. The fourth-order valence-corrected chi connectivity index (χ4v) is 9.21. The second kappa shape index (κ2) is 14.5. The van der Waals surface area contributed by atoms with Gasteiger partial charge in [0.15, 0.2) is 11.5 Å². The molecule has 274 valence electrons. The van der Waals surface area contributed by atoms with E-state index in [1.807, 2.05) is 72.8 Å². The van der Waals surface area contributed by atoms with Crippen molar-refractivity contribution in [2.75, 3.05) is 19.6 Å². The molecule has 0 fully saturated rings. The van der Waals surface area contributed by atoms with Crippen molar-refractivity contribution >= 4 is 26.0 Å². The summed E-state index contributed by atoms with van der Waals surface area (Å²) in [5.41, 5.74) is 3.59. The standard InChI is InChI=1S/C39H37N3O9S2/c43-36-34(23-35(37(44)38(36)45)53(49,50)42-21-18-27-6-4-5-7-29(27)25-42)39(46)41-20-17-28-12-15-33(22-30(28)24-41)52(47,48)40-19-16-26-10-13-32(14-11-26)51-31-8-2-1-3-9-31/h1-15,22-23,40,43-45H,16-21,24-25H2. The number of ether oxygens (including phenoxy) is 1. The Labute approximate surface area is 307 Å². The Morgan fingerprint density at radius 1 is 0.679 bits per heavy atom. The highest BCUT2D eigenvalue weighted by Gasteiger charge is 2.35. The van der Waals surface area contributed by atoms with Crippen molar-refractivity contribution in [3.63, 3.8) is 0 Å². The second-order valence-electron chi connectivity index (χ2n) is 12.9. The van der Waals surface area contributed by atoms with Gasteiger partial charge in [-0.25, -0.2) is 21.6 Å². The fraction of sp³-hybridized carbons (Fsp3) is 0.205. The maximum atomic E-state index is 13.8. The van der Waals surface area contributed by atoms with Crippen LogP contribution in [-0.4, -0.2) is 66.9 Å². The van der Waals surface area contributed by atoms with E-state index in [0.29, 0.717) is 36.3 Å². The highest BCUT2D eigenvalue weighted by molar-refractivity contribution is 7.89. The molecule has 5 aromatic rings. The van der Waals surface area contributed by atoms with Crippen molar-refractivity contribution < 1.29 is 41.7 Å². The summed E-state index contributed by atoms with van der Waals surface area (Å²) in [6.45, 7) is 0.425. The molecule has 7 rings (SSSR count). The van der Waals surface area contributed by atoms with E-state index in [2.05, 4.69) is 4.72 Å². The number of carbonyl (C=O) groups is 1. The number of benzene rings is 5. The Morgan fingerprint density at radius 2 is 1.34 bits per heavy atom. The third kappa shape index (κ3) is 7.44. The van der Waals surface area contributed by atoms with Crippen molar-refractivity contribution in [3.8, 4) is 28.7 Å². The van der Waals surface area contributed by atoms with Crippen LogP contribution in [0, 0.1) is 0 Å². The average molecular weight is 756 g/mol. The van der Waals surface area contributed by atoms with Crippen LogP contribution in [0.1, 0.15) is 38.2 Å². The molecule has 2 heterocycles. The Hall–Kier alpha value is -5.41. The number of sulfonamides is 2. The van der Waals surface area contributed by atoms with E-state index in [9.17, 15) is 36.9 Å². The molecular formula is C39H37N3O9S2. The minimum absolute atomic E-state index is 0.0127. The summed E-state index contributed by atoms with van der Waals surface area (Å²) in [7, 11) is -8.33. The van der Waals surface area contributed by atoms with Gasteiger partial charge in [-0.05, 0) is 89.5 Å². The lowest BCUT2D eigenvalue weighted by Gasteiger charge is -2.30. The van der Waals surface area contributed by atoms with E-state index >= 15 is 0 Å². The molecule has 0 unspecified atom stereocenters. The number of hydrogen-bond donors (Lipinski definition) is 4. The molecular weight excluding hydrogens is 719 g/mol. The number of para-hydroxylation sites is 1. The molecule has 14 heteroatoms. The summed E-state index contributed by atoms with van der Waals surface area (Å²) < 4.78 is 63.7. The third-order valence-electron chi connectivity index (χ3n) is 9.55. The minimum Gasteiger partial charge on any atom is -0.504 e. The SMILES string of the molecule is O=C(c1cc(S(=O)(=O)N2CCc3ccccc3C2)c(O)c(O)c1O)N1CCc2ccc(S(=O)(=O)NCCc3ccc(Oc4ccccc4)cc3)cc2C1. The molecule has 4 N–H and O–H groups in total. The Bertz CT molecular complexity index is 2400. The lowest BCUT2D eigenvalue weighted by Crippen LogP contribution is -2.37. The number of nitrogens with one attached hydrogen (secondary N) is 1. The van der Waals surface area contributed by atoms with Crippen LogP contribution >= 0.6 is 0 Å². The topological polar surface area (TPSA) is 174 Å². The first kappa shape index (κ1) is 36.0. The van der Waals surface area contributed by atoms with Crippen molar-refractivity contribution in [1.82, 2.24) is 13.9 Å². The molecule has 0 aliphatic carbocycles. The van der Waals surface area contributed by atoms with Gasteiger partial charge < -0.3 is 25.0 Å². The molecule has 1 amide bonds. The van der Waals surface area contributed by atoms with E-state index in [0.717, 1.165) is 32.6 Å². The van der Waals surface area contributed by atoms with Crippen LogP contribution in [0.15, 0.2) is 113 Å². The van der Waals surface area contributed by atoms with Crippen LogP contribution in [0.3, 0.4) is 0 Å². The summed E-state index contributed by atoms with van der Waals surface area (Å²) in [5.74, 6) is -2.56. The monoisotopic (exact) mass is 755 g/mol. The molecule has 2 aliphatic heterocycles. The highest BCUT2D eigenvalue weighted by Crippen LogP contribution is 2.44. The zero-order valence-electron chi connectivity index (χ0n) is 28.5. The molecule has 0 aromatic heterocycles. The van der Waals surface area contributed by atoms with Gasteiger partial charge in [-0.15, -0.1) is 0 Å². The normalized spacial score (nSPS) is 14.7. The van der Waals surface area contributed by atoms with E-state index in [-0.39, 0.29) is 37.6 Å². The molecule has 0 saturated carbocycles. The minimum atomic E-state index is -4.41. The molecule has 0 bridgehead atoms. The lowest BCUT2D eigenvalue weighted by molar-refractivity contribution is 0.0730.